The second kappa shape index (κ2) is 5.90. The largest absolute Gasteiger partial charge is 0.480 e. The number of carbonyl (C=O) groups is 1. The third-order valence-corrected chi connectivity index (χ3v) is 5.01. The normalized spacial score (nSPS) is 17.4. The molecule has 6 nitrogen and oxygen atoms in total. The zero-order valence-electron chi connectivity index (χ0n) is 11.2. The summed E-state index contributed by atoms with van der Waals surface area (Å²) in [4.78, 5) is 10.9. The summed E-state index contributed by atoms with van der Waals surface area (Å²) in [6, 6.07) is 6.59. The number of hydrogen-bond donors (Lipinski definition) is 2. The molecular weight excluding hydrogens is 280 g/mol. The molecule has 0 saturated heterocycles. The van der Waals surface area contributed by atoms with Gasteiger partial charge in [0.05, 0.1) is 0 Å². The van der Waals surface area contributed by atoms with Gasteiger partial charge in [-0.15, -0.1) is 0 Å². The fourth-order valence-corrected chi connectivity index (χ4v) is 3.65. The van der Waals surface area contributed by atoms with E-state index in [0.717, 1.165) is 11.1 Å². The number of carboxylic acids is 1. The highest BCUT2D eigenvalue weighted by Gasteiger charge is 2.30. The fourth-order valence-electron chi connectivity index (χ4n) is 2.24. The van der Waals surface area contributed by atoms with Crippen molar-refractivity contribution in [3.63, 3.8) is 0 Å². The molecule has 0 amide bonds. The van der Waals surface area contributed by atoms with Gasteiger partial charge in [-0.1, -0.05) is 31.2 Å². The van der Waals surface area contributed by atoms with Crippen LogP contribution in [-0.2, 0) is 28.0 Å². The van der Waals surface area contributed by atoms with E-state index in [1.165, 1.54) is 4.31 Å². The summed E-state index contributed by atoms with van der Waals surface area (Å²) in [5.74, 6) is -1.16. The van der Waals surface area contributed by atoms with Crippen molar-refractivity contribution in [2.75, 3.05) is 6.54 Å². The SMILES string of the molecule is CC[C@H](NS(=O)(=O)N1CCc2ccccc2C1)C(=O)O. The van der Waals surface area contributed by atoms with Crippen molar-refractivity contribution in [2.45, 2.75) is 32.4 Å². The van der Waals surface area contributed by atoms with Crippen LogP contribution < -0.4 is 4.72 Å². The molecule has 0 aliphatic carbocycles. The Kier molecular flexibility index (Phi) is 4.42. The van der Waals surface area contributed by atoms with Crippen molar-refractivity contribution < 1.29 is 18.3 Å². The van der Waals surface area contributed by atoms with Crippen LogP contribution in [0.25, 0.3) is 0 Å². The van der Waals surface area contributed by atoms with E-state index in [-0.39, 0.29) is 13.0 Å². The first-order valence-corrected chi connectivity index (χ1v) is 7.95. The standard InChI is InChI=1S/C13H18N2O4S/c1-2-12(13(16)17)14-20(18,19)15-8-7-10-5-3-4-6-11(10)9-15/h3-6,12,14H,2,7-9H2,1H3,(H,16,17)/t12-/m0/s1. The van der Waals surface area contributed by atoms with Crippen LogP contribution in [0.2, 0.25) is 0 Å². The maximum absolute atomic E-state index is 12.2. The molecule has 1 aromatic rings. The summed E-state index contributed by atoms with van der Waals surface area (Å²) >= 11 is 0. The number of nitrogens with zero attached hydrogens (tertiary/aromatic N) is 1. The van der Waals surface area contributed by atoms with Crippen molar-refractivity contribution in [2.24, 2.45) is 0 Å². The Balaban J connectivity index is 2.14. The molecule has 0 saturated carbocycles. The van der Waals surface area contributed by atoms with Gasteiger partial charge < -0.3 is 5.11 Å². The molecule has 1 atom stereocenters. The highest BCUT2D eigenvalue weighted by molar-refractivity contribution is 7.87. The fraction of sp³-hybridized carbons (Fsp3) is 0.462. The van der Waals surface area contributed by atoms with Gasteiger partial charge in [-0.3, -0.25) is 4.79 Å². The Hall–Kier alpha value is -1.44. The zero-order chi connectivity index (χ0) is 14.8. The Bertz CT molecular complexity index is 600. The van der Waals surface area contributed by atoms with Crippen molar-refractivity contribution in [3.05, 3.63) is 35.4 Å². The lowest BCUT2D eigenvalue weighted by Crippen LogP contribution is -2.49. The van der Waals surface area contributed by atoms with Gasteiger partial charge in [0.25, 0.3) is 10.2 Å². The van der Waals surface area contributed by atoms with Crippen molar-refractivity contribution in [3.8, 4) is 0 Å². The molecule has 1 aromatic carbocycles. The van der Waals surface area contributed by atoms with Gasteiger partial charge in [0.15, 0.2) is 0 Å². The van der Waals surface area contributed by atoms with Crippen LogP contribution in [-0.4, -0.2) is 36.4 Å². The smallest absolute Gasteiger partial charge is 0.321 e. The lowest BCUT2D eigenvalue weighted by Gasteiger charge is -2.29. The minimum absolute atomic E-state index is 0.207. The van der Waals surface area contributed by atoms with E-state index in [9.17, 15) is 13.2 Å². The Morgan fingerprint density at radius 2 is 2.05 bits per heavy atom. The summed E-state index contributed by atoms with van der Waals surface area (Å²) < 4.78 is 28.0. The van der Waals surface area contributed by atoms with Crippen LogP contribution in [0.3, 0.4) is 0 Å². The summed E-state index contributed by atoms with van der Waals surface area (Å²) in [6.07, 6.45) is 0.847. The van der Waals surface area contributed by atoms with E-state index in [0.29, 0.717) is 13.0 Å². The van der Waals surface area contributed by atoms with Crippen molar-refractivity contribution >= 4 is 16.2 Å². The second-order valence-corrected chi connectivity index (χ2v) is 6.48. The van der Waals surface area contributed by atoms with Crippen molar-refractivity contribution in [1.82, 2.24) is 9.03 Å². The first kappa shape index (κ1) is 15.0. The molecule has 0 radical (unpaired) electrons. The molecule has 110 valence electrons. The molecular formula is C13H18N2O4S. The first-order chi connectivity index (χ1) is 9.44. The maximum atomic E-state index is 12.2. The maximum Gasteiger partial charge on any atom is 0.321 e. The molecule has 2 rings (SSSR count). The quantitative estimate of drug-likeness (QED) is 0.839. The molecule has 0 bridgehead atoms. The molecule has 1 aliphatic heterocycles. The van der Waals surface area contributed by atoms with Gasteiger partial charge in [0.1, 0.15) is 6.04 Å². The minimum Gasteiger partial charge on any atom is -0.480 e. The monoisotopic (exact) mass is 298 g/mol. The second-order valence-electron chi connectivity index (χ2n) is 4.77. The Morgan fingerprint density at radius 3 is 2.65 bits per heavy atom. The highest BCUT2D eigenvalue weighted by atomic mass is 32.2. The molecule has 2 N–H and O–H groups in total. The van der Waals surface area contributed by atoms with E-state index in [2.05, 4.69) is 4.72 Å². The Morgan fingerprint density at radius 1 is 1.40 bits per heavy atom. The number of carboxylic acid groups (broad SMARTS) is 1. The van der Waals surface area contributed by atoms with Crippen molar-refractivity contribution in [1.29, 1.82) is 0 Å². The van der Waals surface area contributed by atoms with Crippen LogP contribution in [0, 0.1) is 0 Å². The van der Waals surface area contributed by atoms with Gasteiger partial charge in [0.2, 0.25) is 0 Å². The summed E-state index contributed by atoms with van der Waals surface area (Å²) in [6.45, 7) is 2.27. The third kappa shape index (κ3) is 3.17. The molecule has 1 heterocycles. The zero-order valence-corrected chi connectivity index (χ0v) is 12.1. The van der Waals surface area contributed by atoms with Crippen LogP contribution in [0.4, 0.5) is 0 Å². The van der Waals surface area contributed by atoms with E-state index in [1.54, 1.807) is 6.92 Å². The molecule has 0 aromatic heterocycles. The molecule has 20 heavy (non-hydrogen) atoms. The average Bonchev–Trinajstić information content (AvgIpc) is 2.44. The van der Waals surface area contributed by atoms with E-state index >= 15 is 0 Å². The van der Waals surface area contributed by atoms with Crippen LogP contribution in [0.1, 0.15) is 24.5 Å². The molecule has 0 spiro atoms. The average molecular weight is 298 g/mol. The van der Waals surface area contributed by atoms with Gasteiger partial charge >= 0.3 is 5.97 Å². The number of benzene rings is 1. The van der Waals surface area contributed by atoms with Crippen LogP contribution in [0.5, 0.6) is 0 Å². The lowest BCUT2D eigenvalue weighted by atomic mass is 10.0. The minimum atomic E-state index is -3.78. The molecule has 0 unspecified atom stereocenters. The first-order valence-electron chi connectivity index (χ1n) is 6.51. The summed E-state index contributed by atoms with van der Waals surface area (Å²) in [7, 11) is -3.78. The summed E-state index contributed by atoms with van der Waals surface area (Å²) in [5.41, 5.74) is 2.11. The van der Waals surface area contributed by atoms with Gasteiger partial charge in [-0.25, -0.2) is 0 Å². The predicted molar refractivity (Wildman–Crippen MR) is 74.3 cm³/mol. The lowest BCUT2D eigenvalue weighted by molar-refractivity contribution is -0.139. The summed E-state index contributed by atoms with van der Waals surface area (Å²) in [5, 5.41) is 8.95. The molecule has 1 aliphatic rings. The van der Waals surface area contributed by atoms with Gasteiger partial charge in [-0.05, 0) is 24.0 Å². The Labute approximate surface area is 118 Å². The third-order valence-electron chi connectivity index (χ3n) is 3.43. The molecule has 7 heteroatoms. The number of hydrogen-bond acceptors (Lipinski definition) is 3. The highest BCUT2D eigenvalue weighted by Crippen LogP contribution is 2.20. The van der Waals surface area contributed by atoms with E-state index in [1.807, 2.05) is 24.3 Å². The van der Waals surface area contributed by atoms with E-state index < -0.39 is 22.2 Å². The molecule has 0 fully saturated rings. The van der Waals surface area contributed by atoms with Gasteiger partial charge in [-0.2, -0.15) is 17.4 Å². The topological polar surface area (TPSA) is 86.7 Å². The number of fused-ring (bicyclic) bond motifs is 1. The predicted octanol–water partition coefficient (Wildman–Crippen LogP) is 0.742. The number of nitrogens with one attached hydrogen (secondary N) is 1. The van der Waals surface area contributed by atoms with E-state index in [4.69, 9.17) is 5.11 Å². The van der Waals surface area contributed by atoms with Crippen LogP contribution >= 0.6 is 0 Å². The van der Waals surface area contributed by atoms with Gasteiger partial charge in [0, 0.05) is 13.1 Å². The number of aliphatic carboxylic acids is 1. The van der Waals surface area contributed by atoms with Crippen LogP contribution in [0.15, 0.2) is 24.3 Å². The number of rotatable bonds is 5.